The molecule has 2 aliphatic rings. The van der Waals surface area contributed by atoms with Crippen LogP contribution in [0.25, 0.3) is 0 Å². The predicted molar refractivity (Wildman–Crippen MR) is 106 cm³/mol. The zero-order chi connectivity index (χ0) is 19.4. The number of amides is 2. The van der Waals surface area contributed by atoms with Crippen LogP contribution in [0.5, 0.6) is 0 Å². The first-order chi connectivity index (χ1) is 12.9. The van der Waals surface area contributed by atoms with E-state index in [1.807, 2.05) is 18.7 Å². The zero-order valence-corrected chi connectivity index (χ0v) is 17.3. The highest BCUT2D eigenvalue weighted by Gasteiger charge is 2.27. The molecule has 1 N–H and O–H groups in total. The van der Waals surface area contributed by atoms with Gasteiger partial charge in [0.05, 0.1) is 12.2 Å². The molecule has 7 heteroatoms. The molecule has 1 unspecified atom stereocenters. The lowest BCUT2D eigenvalue weighted by Gasteiger charge is -2.31. The Morgan fingerprint density at radius 3 is 2.52 bits per heavy atom. The highest BCUT2D eigenvalue weighted by Crippen LogP contribution is 2.20. The number of hydrogen-bond acceptors (Lipinski definition) is 5. The molecule has 2 saturated heterocycles. The minimum Gasteiger partial charge on any atom is -0.444 e. The number of aromatic nitrogens is 1. The van der Waals surface area contributed by atoms with E-state index < -0.39 is 0 Å². The van der Waals surface area contributed by atoms with Crippen molar-refractivity contribution in [2.45, 2.75) is 39.7 Å². The van der Waals surface area contributed by atoms with Crippen LogP contribution in [0, 0.1) is 25.7 Å². The van der Waals surface area contributed by atoms with Crippen LogP contribution in [-0.4, -0.2) is 79.1 Å². The molecule has 0 aromatic carbocycles. The lowest BCUT2D eigenvalue weighted by molar-refractivity contribution is 0.159. The van der Waals surface area contributed by atoms with Gasteiger partial charge < -0.3 is 19.5 Å². The number of carbonyl (C=O) groups is 1. The average molecular weight is 378 g/mol. The van der Waals surface area contributed by atoms with Crippen molar-refractivity contribution in [1.82, 2.24) is 25.0 Å². The van der Waals surface area contributed by atoms with Gasteiger partial charge in [-0.2, -0.15) is 0 Å². The van der Waals surface area contributed by atoms with Gasteiger partial charge in [0, 0.05) is 26.2 Å². The van der Waals surface area contributed by atoms with Crippen LogP contribution in [0.2, 0.25) is 0 Å². The molecular weight excluding hydrogens is 342 g/mol. The second-order valence-corrected chi connectivity index (χ2v) is 8.52. The van der Waals surface area contributed by atoms with Crippen LogP contribution >= 0.6 is 0 Å². The van der Waals surface area contributed by atoms with Crippen LogP contribution in [-0.2, 0) is 6.54 Å². The van der Waals surface area contributed by atoms with Crippen LogP contribution in [0.15, 0.2) is 4.42 Å². The molecule has 0 aliphatic carbocycles. The number of oxazole rings is 1. The number of carbonyl (C=O) groups excluding carboxylic acids is 1. The third-order valence-corrected chi connectivity index (χ3v) is 5.88. The largest absolute Gasteiger partial charge is 0.444 e. The second-order valence-electron chi connectivity index (χ2n) is 8.52. The van der Waals surface area contributed by atoms with E-state index in [9.17, 15) is 4.79 Å². The Hall–Kier alpha value is -1.60. The maximum atomic E-state index is 12.4. The summed E-state index contributed by atoms with van der Waals surface area (Å²) in [6.07, 6.45) is 3.34. The minimum atomic E-state index is 0.115. The Bertz CT molecular complexity index is 602. The van der Waals surface area contributed by atoms with E-state index >= 15 is 0 Å². The second kappa shape index (κ2) is 9.06. The van der Waals surface area contributed by atoms with E-state index in [1.165, 1.54) is 0 Å². The normalized spacial score (nSPS) is 22.0. The fourth-order valence-electron chi connectivity index (χ4n) is 4.17. The first-order valence-corrected chi connectivity index (χ1v) is 10.2. The van der Waals surface area contributed by atoms with Crippen LogP contribution < -0.4 is 5.32 Å². The van der Waals surface area contributed by atoms with Crippen LogP contribution in [0.4, 0.5) is 4.79 Å². The molecule has 1 aromatic rings. The van der Waals surface area contributed by atoms with Gasteiger partial charge in [0.15, 0.2) is 0 Å². The third-order valence-electron chi connectivity index (χ3n) is 5.88. The number of piperidine rings is 1. The smallest absolute Gasteiger partial charge is 0.317 e. The van der Waals surface area contributed by atoms with Crippen molar-refractivity contribution < 1.29 is 9.21 Å². The Labute approximate surface area is 163 Å². The number of nitrogens with one attached hydrogen (secondary N) is 1. The predicted octanol–water partition coefficient (Wildman–Crippen LogP) is 2.10. The van der Waals surface area contributed by atoms with Crippen molar-refractivity contribution >= 4 is 6.03 Å². The average Bonchev–Trinajstić information content (AvgIpc) is 3.20. The number of urea groups is 1. The molecule has 2 amide bonds. The highest BCUT2D eigenvalue weighted by molar-refractivity contribution is 5.74. The van der Waals surface area contributed by atoms with E-state index in [-0.39, 0.29) is 6.03 Å². The number of nitrogens with zero attached hydrogens (tertiary/aromatic N) is 4. The molecule has 3 heterocycles. The quantitative estimate of drug-likeness (QED) is 0.822. The van der Waals surface area contributed by atoms with Crippen molar-refractivity contribution in [3.05, 3.63) is 17.3 Å². The van der Waals surface area contributed by atoms with Gasteiger partial charge in [-0.1, -0.05) is 0 Å². The summed E-state index contributed by atoms with van der Waals surface area (Å²) in [5, 5.41) is 3.17. The molecule has 3 rings (SSSR count). The maximum absolute atomic E-state index is 12.4. The van der Waals surface area contributed by atoms with E-state index in [1.54, 1.807) is 0 Å². The van der Waals surface area contributed by atoms with E-state index in [2.05, 4.69) is 34.2 Å². The van der Waals surface area contributed by atoms with Gasteiger partial charge in [0.2, 0.25) is 5.89 Å². The number of aryl methyl sites for hydroxylation is 2. The zero-order valence-electron chi connectivity index (χ0n) is 17.3. The van der Waals surface area contributed by atoms with E-state index in [0.29, 0.717) is 11.8 Å². The van der Waals surface area contributed by atoms with Crippen molar-refractivity contribution in [3.8, 4) is 0 Å². The van der Waals surface area contributed by atoms with Gasteiger partial charge in [0.1, 0.15) is 5.76 Å². The van der Waals surface area contributed by atoms with Crippen molar-refractivity contribution in [2.24, 2.45) is 11.8 Å². The summed E-state index contributed by atoms with van der Waals surface area (Å²) >= 11 is 0. The minimum absolute atomic E-state index is 0.115. The van der Waals surface area contributed by atoms with Crippen molar-refractivity contribution in [2.75, 3.05) is 53.4 Å². The fourth-order valence-corrected chi connectivity index (χ4v) is 4.17. The van der Waals surface area contributed by atoms with Crippen LogP contribution in [0.1, 0.15) is 36.6 Å². The molecule has 0 spiro atoms. The monoisotopic (exact) mass is 377 g/mol. The fraction of sp³-hybridized carbons (Fsp3) is 0.800. The van der Waals surface area contributed by atoms with Gasteiger partial charge in [-0.3, -0.25) is 4.90 Å². The standard InChI is InChI=1S/C20H35N5O2/c1-15-16(2)27-19(22-15)14-24-8-5-17(6-9-24)11-21-20(26)25-10-7-18(13-25)12-23(3)4/h17-18H,5-14H2,1-4H3,(H,21,26). The molecule has 1 atom stereocenters. The van der Waals surface area contributed by atoms with Gasteiger partial charge in [-0.25, -0.2) is 9.78 Å². The van der Waals surface area contributed by atoms with Gasteiger partial charge in [-0.05, 0) is 72.1 Å². The Morgan fingerprint density at radius 1 is 1.19 bits per heavy atom. The molecule has 27 heavy (non-hydrogen) atoms. The summed E-state index contributed by atoms with van der Waals surface area (Å²) in [4.78, 5) is 23.5. The number of likely N-dealkylation sites (tertiary alicyclic amines) is 2. The molecule has 0 saturated carbocycles. The first-order valence-electron chi connectivity index (χ1n) is 10.2. The Morgan fingerprint density at radius 2 is 1.89 bits per heavy atom. The number of hydrogen-bond donors (Lipinski definition) is 1. The van der Waals surface area contributed by atoms with E-state index in [4.69, 9.17) is 4.42 Å². The summed E-state index contributed by atoms with van der Waals surface area (Å²) < 4.78 is 5.69. The lowest BCUT2D eigenvalue weighted by Crippen LogP contribution is -2.43. The SMILES string of the molecule is Cc1nc(CN2CCC(CNC(=O)N3CCC(CN(C)C)C3)CC2)oc1C. The summed E-state index contributed by atoms with van der Waals surface area (Å²) in [6, 6.07) is 0.115. The Kier molecular flexibility index (Phi) is 6.76. The first kappa shape index (κ1) is 20.1. The van der Waals surface area contributed by atoms with Crippen molar-refractivity contribution in [1.29, 1.82) is 0 Å². The number of rotatable bonds is 6. The summed E-state index contributed by atoms with van der Waals surface area (Å²) in [5.41, 5.74) is 0.984. The molecule has 2 fully saturated rings. The van der Waals surface area contributed by atoms with Gasteiger partial charge in [0.25, 0.3) is 0 Å². The molecule has 0 radical (unpaired) electrons. The Balaban J connectivity index is 1.34. The van der Waals surface area contributed by atoms with Gasteiger partial charge >= 0.3 is 6.03 Å². The summed E-state index contributed by atoms with van der Waals surface area (Å²) in [7, 11) is 4.19. The van der Waals surface area contributed by atoms with Crippen molar-refractivity contribution in [3.63, 3.8) is 0 Å². The van der Waals surface area contributed by atoms with Gasteiger partial charge in [-0.15, -0.1) is 0 Å². The summed E-state index contributed by atoms with van der Waals surface area (Å²) in [6.45, 7) is 10.4. The summed E-state index contributed by atoms with van der Waals surface area (Å²) in [5.74, 6) is 2.91. The van der Waals surface area contributed by atoms with Crippen LogP contribution in [0.3, 0.4) is 0 Å². The molecule has 0 bridgehead atoms. The molecular formula is C20H35N5O2. The third kappa shape index (κ3) is 5.69. The molecule has 152 valence electrons. The molecule has 2 aliphatic heterocycles. The maximum Gasteiger partial charge on any atom is 0.317 e. The molecule has 7 nitrogen and oxygen atoms in total. The van der Waals surface area contributed by atoms with E-state index in [0.717, 1.165) is 82.4 Å². The molecule has 1 aromatic heterocycles. The lowest BCUT2D eigenvalue weighted by atomic mass is 9.97. The highest BCUT2D eigenvalue weighted by atomic mass is 16.4. The topological polar surface area (TPSA) is 64.9 Å².